The minimum absolute atomic E-state index is 0.177. The number of hydrogen-bond acceptors (Lipinski definition) is 4. The number of hydrogen-bond donors (Lipinski definition) is 1. The smallest absolute Gasteiger partial charge is 0.297 e. The number of rotatable bonds is 4. The van der Waals surface area contributed by atoms with Crippen LogP contribution in [0.3, 0.4) is 0 Å². The molecule has 0 aliphatic carbocycles. The number of fused-ring (bicyclic) bond motifs is 1. The van der Waals surface area contributed by atoms with E-state index in [0.29, 0.717) is 23.9 Å². The molecule has 1 aliphatic heterocycles. The molecule has 0 radical (unpaired) electrons. The summed E-state index contributed by atoms with van der Waals surface area (Å²) in [4.78, 5) is 19.4. The molecule has 0 unspecified atom stereocenters. The van der Waals surface area contributed by atoms with E-state index < -0.39 is 0 Å². The lowest BCUT2D eigenvalue weighted by Gasteiger charge is -2.29. The van der Waals surface area contributed by atoms with E-state index in [1.165, 1.54) is 11.1 Å². The molecule has 0 fully saturated rings. The van der Waals surface area contributed by atoms with E-state index in [9.17, 15) is 4.79 Å². The van der Waals surface area contributed by atoms with Crippen LogP contribution in [-0.4, -0.2) is 33.8 Å². The van der Waals surface area contributed by atoms with Crippen LogP contribution in [0.2, 0.25) is 5.02 Å². The van der Waals surface area contributed by atoms with Gasteiger partial charge in [-0.25, -0.2) is 9.67 Å². The van der Waals surface area contributed by atoms with Gasteiger partial charge in [0.1, 0.15) is 5.82 Å². The van der Waals surface area contributed by atoms with Crippen LogP contribution in [0.4, 0.5) is 5.69 Å². The Kier molecular flexibility index (Phi) is 5.15. The predicted molar refractivity (Wildman–Crippen MR) is 110 cm³/mol. The number of halogens is 1. The summed E-state index contributed by atoms with van der Waals surface area (Å²) < 4.78 is 1.67. The van der Waals surface area contributed by atoms with Gasteiger partial charge in [-0.2, -0.15) is 0 Å². The molecule has 0 saturated carbocycles. The predicted octanol–water partition coefficient (Wildman–Crippen LogP) is 3.32. The number of anilines is 1. The van der Waals surface area contributed by atoms with Gasteiger partial charge in [-0.15, -0.1) is 5.10 Å². The summed E-state index contributed by atoms with van der Waals surface area (Å²) in [5, 5.41) is 5.11. The summed E-state index contributed by atoms with van der Waals surface area (Å²) in [6.07, 6.45) is 2.72. The maximum atomic E-state index is 13.2. The molecule has 1 aliphatic rings. The van der Waals surface area contributed by atoms with Gasteiger partial charge in [0.2, 0.25) is 5.82 Å². The van der Waals surface area contributed by atoms with Crippen LogP contribution >= 0.6 is 11.6 Å². The van der Waals surface area contributed by atoms with E-state index in [1.807, 2.05) is 31.2 Å². The highest BCUT2D eigenvalue weighted by Crippen LogP contribution is 2.29. The van der Waals surface area contributed by atoms with Gasteiger partial charge in [0, 0.05) is 17.3 Å². The molecule has 2 heterocycles. The van der Waals surface area contributed by atoms with Crippen LogP contribution in [0, 0.1) is 6.92 Å². The van der Waals surface area contributed by atoms with Crippen LogP contribution in [0.5, 0.6) is 0 Å². The maximum absolute atomic E-state index is 13.2. The molecule has 0 bridgehead atoms. The first kappa shape index (κ1) is 18.7. The van der Waals surface area contributed by atoms with E-state index in [4.69, 9.17) is 17.3 Å². The second kappa shape index (κ2) is 7.73. The molecular formula is C21H22ClN5O. The van der Waals surface area contributed by atoms with Gasteiger partial charge < -0.3 is 10.6 Å². The summed E-state index contributed by atoms with van der Waals surface area (Å²) in [6, 6.07) is 13.5. The van der Waals surface area contributed by atoms with Crippen molar-refractivity contribution in [2.45, 2.75) is 26.2 Å². The fraction of sp³-hybridized carbons (Fsp3) is 0.286. The minimum atomic E-state index is -0.177. The number of carbonyl (C=O) groups is 1. The minimum Gasteiger partial charge on any atom is -0.330 e. The summed E-state index contributed by atoms with van der Waals surface area (Å²) in [5.41, 5.74) is 9.82. The van der Waals surface area contributed by atoms with Crippen molar-refractivity contribution in [1.82, 2.24) is 14.8 Å². The first-order valence-electron chi connectivity index (χ1n) is 9.40. The molecular weight excluding hydrogens is 374 g/mol. The SMILES string of the molecule is Cc1nc(C(=O)N2CCCc3cc(CCN)ccc32)nn1-c1ccc(Cl)cc1. The van der Waals surface area contributed by atoms with Crippen molar-refractivity contribution in [3.8, 4) is 5.69 Å². The summed E-state index contributed by atoms with van der Waals surface area (Å²) in [5.74, 6) is 0.677. The summed E-state index contributed by atoms with van der Waals surface area (Å²) in [6.45, 7) is 3.12. The lowest BCUT2D eigenvalue weighted by Crippen LogP contribution is -2.36. The fourth-order valence-electron chi connectivity index (χ4n) is 3.61. The van der Waals surface area contributed by atoms with Gasteiger partial charge >= 0.3 is 0 Å². The molecule has 1 aromatic heterocycles. The molecule has 6 nitrogen and oxygen atoms in total. The van der Waals surface area contributed by atoms with Gasteiger partial charge in [0.25, 0.3) is 5.91 Å². The molecule has 3 aromatic rings. The molecule has 7 heteroatoms. The van der Waals surface area contributed by atoms with E-state index in [0.717, 1.165) is 30.6 Å². The lowest BCUT2D eigenvalue weighted by atomic mass is 9.98. The van der Waals surface area contributed by atoms with Crippen molar-refractivity contribution in [2.24, 2.45) is 5.73 Å². The average molecular weight is 396 g/mol. The Hall–Kier alpha value is -2.70. The van der Waals surface area contributed by atoms with Crippen LogP contribution in [0.25, 0.3) is 5.69 Å². The molecule has 4 rings (SSSR count). The number of benzene rings is 2. The molecule has 144 valence electrons. The van der Waals surface area contributed by atoms with Crippen LogP contribution in [-0.2, 0) is 12.8 Å². The molecule has 2 N–H and O–H groups in total. The molecule has 0 atom stereocenters. The van der Waals surface area contributed by atoms with Gasteiger partial charge in [-0.3, -0.25) is 4.79 Å². The zero-order chi connectivity index (χ0) is 19.7. The molecule has 28 heavy (non-hydrogen) atoms. The standard InChI is InChI=1S/C21H22ClN5O/c1-14-24-20(25-27(14)18-7-5-17(22)6-8-18)21(28)26-12-2-3-16-13-15(10-11-23)4-9-19(16)26/h4-9,13H,2-3,10-12,23H2,1H3. The summed E-state index contributed by atoms with van der Waals surface area (Å²) >= 11 is 5.96. The second-order valence-electron chi connectivity index (χ2n) is 6.93. The number of nitrogens with zero attached hydrogens (tertiary/aromatic N) is 4. The second-order valence-corrected chi connectivity index (χ2v) is 7.37. The number of aromatic nitrogens is 3. The third-order valence-corrected chi connectivity index (χ3v) is 5.22. The van der Waals surface area contributed by atoms with Crippen LogP contribution in [0.15, 0.2) is 42.5 Å². The molecule has 2 aromatic carbocycles. The molecule has 0 spiro atoms. The Labute approximate surface area is 168 Å². The highest BCUT2D eigenvalue weighted by atomic mass is 35.5. The van der Waals surface area contributed by atoms with Crippen molar-refractivity contribution < 1.29 is 4.79 Å². The molecule has 0 saturated heterocycles. The van der Waals surface area contributed by atoms with Crippen molar-refractivity contribution in [3.63, 3.8) is 0 Å². The van der Waals surface area contributed by atoms with E-state index in [2.05, 4.69) is 16.1 Å². The van der Waals surface area contributed by atoms with Crippen molar-refractivity contribution >= 4 is 23.2 Å². The Morgan fingerprint density at radius 2 is 2.00 bits per heavy atom. The zero-order valence-electron chi connectivity index (χ0n) is 15.7. The zero-order valence-corrected chi connectivity index (χ0v) is 16.5. The van der Waals surface area contributed by atoms with Gasteiger partial charge in [-0.05, 0) is 74.2 Å². The number of aryl methyl sites for hydroxylation is 2. The summed E-state index contributed by atoms with van der Waals surface area (Å²) in [7, 11) is 0. The topological polar surface area (TPSA) is 77.0 Å². The van der Waals surface area contributed by atoms with Gasteiger partial charge in [-0.1, -0.05) is 23.7 Å². The van der Waals surface area contributed by atoms with E-state index >= 15 is 0 Å². The Balaban J connectivity index is 1.64. The third kappa shape index (κ3) is 3.53. The van der Waals surface area contributed by atoms with Crippen molar-refractivity contribution in [3.05, 3.63) is 70.3 Å². The van der Waals surface area contributed by atoms with Gasteiger partial charge in [0.15, 0.2) is 0 Å². The van der Waals surface area contributed by atoms with E-state index in [-0.39, 0.29) is 11.7 Å². The number of amides is 1. The normalized spacial score (nSPS) is 13.5. The largest absolute Gasteiger partial charge is 0.330 e. The number of nitrogens with two attached hydrogens (primary N) is 1. The monoisotopic (exact) mass is 395 g/mol. The first-order valence-corrected chi connectivity index (χ1v) is 9.78. The Morgan fingerprint density at radius 1 is 1.21 bits per heavy atom. The van der Waals surface area contributed by atoms with Gasteiger partial charge in [0.05, 0.1) is 5.69 Å². The van der Waals surface area contributed by atoms with Crippen molar-refractivity contribution in [1.29, 1.82) is 0 Å². The quantitative estimate of drug-likeness (QED) is 0.735. The van der Waals surface area contributed by atoms with Crippen molar-refractivity contribution in [2.75, 3.05) is 18.0 Å². The molecule has 1 amide bonds. The van der Waals surface area contributed by atoms with Crippen LogP contribution in [0.1, 0.15) is 34.0 Å². The fourth-order valence-corrected chi connectivity index (χ4v) is 3.74. The lowest BCUT2D eigenvalue weighted by molar-refractivity contribution is 0.0975. The number of carbonyl (C=O) groups excluding carboxylic acids is 1. The third-order valence-electron chi connectivity index (χ3n) is 4.97. The highest BCUT2D eigenvalue weighted by Gasteiger charge is 2.27. The highest BCUT2D eigenvalue weighted by molar-refractivity contribution is 6.30. The van der Waals surface area contributed by atoms with Crippen LogP contribution < -0.4 is 10.6 Å². The Morgan fingerprint density at radius 3 is 2.75 bits per heavy atom. The average Bonchev–Trinajstić information content (AvgIpc) is 3.09. The van der Waals surface area contributed by atoms with E-state index in [1.54, 1.807) is 21.7 Å². The first-order chi connectivity index (χ1) is 13.6. The Bertz CT molecular complexity index is 1010. The maximum Gasteiger partial charge on any atom is 0.297 e.